The van der Waals surface area contributed by atoms with E-state index in [0.717, 1.165) is 12.8 Å². The van der Waals surface area contributed by atoms with Gasteiger partial charge in [0.25, 0.3) is 5.89 Å². The fourth-order valence-electron chi connectivity index (χ4n) is 2.20. The number of hydrogen-bond acceptors (Lipinski definition) is 7. The van der Waals surface area contributed by atoms with Gasteiger partial charge in [-0.2, -0.15) is 4.98 Å². The molecule has 0 radical (unpaired) electrons. The molecular formula is C14H23N3O5. The fraction of sp³-hybridized carbons (Fsp3) is 0.786. The summed E-state index contributed by atoms with van der Waals surface area (Å²) >= 11 is 0. The van der Waals surface area contributed by atoms with Crippen LogP contribution in [0.2, 0.25) is 0 Å². The van der Waals surface area contributed by atoms with Crippen molar-refractivity contribution in [3.8, 4) is 0 Å². The van der Waals surface area contributed by atoms with Crippen LogP contribution in [0.3, 0.4) is 0 Å². The Morgan fingerprint density at radius 1 is 1.50 bits per heavy atom. The van der Waals surface area contributed by atoms with Gasteiger partial charge in [0.15, 0.2) is 5.82 Å². The minimum atomic E-state index is -0.582. The second-order valence-electron chi connectivity index (χ2n) is 6.16. The maximum atomic E-state index is 12.0. The summed E-state index contributed by atoms with van der Waals surface area (Å²) in [5.74, 6) is 0.719. The standard InChI is InChI=1S/C14H23N3O5/c1-14(2,3)21-13(18)16-11(9-6-5-7-20-9)12-15-10(8-19-4)17-22-12/h9,11H,5-8H2,1-4H3,(H,16,18). The van der Waals surface area contributed by atoms with Crippen molar-refractivity contribution in [2.45, 2.75) is 58.0 Å². The molecule has 2 rings (SSSR count). The highest BCUT2D eigenvalue weighted by Crippen LogP contribution is 2.26. The van der Waals surface area contributed by atoms with Gasteiger partial charge in [-0.1, -0.05) is 5.16 Å². The van der Waals surface area contributed by atoms with Crippen LogP contribution in [0.15, 0.2) is 4.52 Å². The number of alkyl carbamates (subject to hydrolysis) is 1. The first-order chi connectivity index (χ1) is 10.4. The van der Waals surface area contributed by atoms with Crippen LogP contribution in [0.1, 0.15) is 51.4 Å². The zero-order chi connectivity index (χ0) is 16.2. The Bertz CT molecular complexity index is 491. The van der Waals surface area contributed by atoms with Crippen LogP contribution in [-0.4, -0.2) is 41.7 Å². The van der Waals surface area contributed by atoms with Gasteiger partial charge in [-0.05, 0) is 33.6 Å². The molecule has 1 aromatic rings. The smallest absolute Gasteiger partial charge is 0.408 e. The molecule has 124 valence electrons. The number of carbonyl (C=O) groups excluding carboxylic acids is 1. The Kier molecular flexibility index (Phi) is 5.36. The molecule has 2 heterocycles. The molecule has 1 aliphatic heterocycles. The topological polar surface area (TPSA) is 95.7 Å². The van der Waals surface area contributed by atoms with E-state index in [9.17, 15) is 4.79 Å². The predicted octanol–water partition coefficient (Wildman–Crippen LogP) is 1.96. The average Bonchev–Trinajstić information content (AvgIpc) is 3.05. The predicted molar refractivity (Wildman–Crippen MR) is 76.1 cm³/mol. The molecule has 0 aromatic carbocycles. The van der Waals surface area contributed by atoms with Crippen molar-refractivity contribution in [1.29, 1.82) is 0 Å². The van der Waals surface area contributed by atoms with E-state index in [0.29, 0.717) is 18.3 Å². The van der Waals surface area contributed by atoms with Crippen LogP contribution < -0.4 is 5.32 Å². The minimum absolute atomic E-state index is 0.205. The summed E-state index contributed by atoms with van der Waals surface area (Å²) in [4.78, 5) is 16.3. The van der Waals surface area contributed by atoms with E-state index < -0.39 is 17.7 Å². The molecular weight excluding hydrogens is 290 g/mol. The van der Waals surface area contributed by atoms with E-state index >= 15 is 0 Å². The zero-order valence-electron chi connectivity index (χ0n) is 13.4. The molecule has 0 bridgehead atoms. The highest BCUT2D eigenvalue weighted by Gasteiger charge is 2.34. The molecule has 2 atom stereocenters. The van der Waals surface area contributed by atoms with E-state index in [-0.39, 0.29) is 12.7 Å². The van der Waals surface area contributed by atoms with Crippen LogP contribution in [0.25, 0.3) is 0 Å². The number of nitrogens with one attached hydrogen (secondary N) is 1. The first-order valence-corrected chi connectivity index (χ1v) is 7.31. The molecule has 8 nitrogen and oxygen atoms in total. The summed E-state index contributed by atoms with van der Waals surface area (Å²) in [6, 6.07) is -0.532. The summed E-state index contributed by atoms with van der Waals surface area (Å²) in [5, 5.41) is 6.59. The van der Waals surface area contributed by atoms with Gasteiger partial charge in [0.05, 0.1) is 6.10 Å². The first kappa shape index (κ1) is 16.7. The maximum Gasteiger partial charge on any atom is 0.408 e. The molecule has 1 aliphatic rings. The average molecular weight is 313 g/mol. The fourth-order valence-corrected chi connectivity index (χ4v) is 2.20. The number of nitrogens with zero attached hydrogens (tertiary/aromatic N) is 2. The highest BCUT2D eigenvalue weighted by molar-refractivity contribution is 5.68. The summed E-state index contributed by atoms with van der Waals surface area (Å²) in [7, 11) is 1.55. The third-order valence-corrected chi connectivity index (χ3v) is 3.03. The van der Waals surface area contributed by atoms with E-state index in [4.69, 9.17) is 18.7 Å². The van der Waals surface area contributed by atoms with Crippen molar-refractivity contribution in [3.05, 3.63) is 11.7 Å². The van der Waals surface area contributed by atoms with Gasteiger partial charge in [-0.3, -0.25) is 0 Å². The molecule has 1 saturated heterocycles. The second-order valence-corrected chi connectivity index (χ2v) is 6.16. The maximum absolute atomic E-state index is 12.0. The molecule has 2 unspecified atom stereocenters. The van der Waals surface area contributed by atoms with Gasteiger partial charge in [-0.15, -0.1) is 0 Å². The molecule has 22 heavy (non-hydrogen) atoms. The van der Waals surface area contributed by atoms with Gasteiger partial charge in [0.2, 0.25) is 0 Å². The van der Waals surface area contributed by atoms with Crippen LogP contribution in [0, 0.1) is 0 Å². The van der Waals surface area contributed by atoms with Crippen LogP contribution in [0.5, 0.6) is 0 Å². The summed E-state index contributed by atoms with van der Waals surface area (Å²) in [6.07, 6.45) is 0.987. The van der Waals surface area contributed by atoms with Gasteiger partial charge in [-0.25, -0.2) is 4.79 Å². The number of amides is 1. The van der Waals surface area contributed by atoms with E-state index in [1.807, 2.05) is 0 Å². The van der Waals surface area contributed by atoms with Crippen LogP contribution in [0.4, 0.5) is 4.79 Å². The van der Waals surface area contributed by atoms with E-state index in [2.05, 4.69) is 15.5 Å². The normalized spacial score (nSPS) is 19.9. The van der Waals surface area contributed by atoms with Crippen molar-refractivity contribution >= 4 is 6.09 Å². The number of rotatable bonds is 5. The Balaban J connectivity index is 2.10. The molecule has 1 aromatic heterocycles. The first-order valence-electron chi connectivity index (χ1n) is 7.31. The second kappa shape index (κ2) is 7.06. The SMILES string of the molecule is COCc1noc(C(NC(=O)OC(C)(C)C)C2CCCO2)n1. The lowest BCUT2D eigenvalue weighted by Gasteiger charge is -2.24. The molecule has 0 saturated carbocycles. The van der Waals surface area contributed by atoms with Crippen molar-refractivity contribution in [2.24, 2.45) is 0 Å². The lowest BCUT2D eigenvalue weighted by atomic mass is 10.1. The quantitative estimate of drug-likeness (QED) is 0.887. The lowest BCUT2D eigenvalue weighted by Crippen LogP contribution is -2.39. The monoisotopic (exact) mass is 313 g/mol. The summed E-state index contributed by atoms with van der Waals surface area (Å²) < 4.78 is 21.1. The van der Waals surface area contributed by atoms with Gasteiger partial charge < -0.3 is 24.1 Å². The Labute approximate surface area is 129 Å². The van der Waals surface area contributed by atoms with Crippen molar-refractivity contribution in [3.63, 3.8) is 0 Å². The Morgan fingerprint density at radius 2 is 2.27 bits per heavy atom. The number of aromatic nitrogens is 2. The summed E-state index contributed by atoms with van der Waals surface area (Å²) in [6.45, 7) is 6.30. The van der Waals surface area contributed by atoms with Gasteiger partial charge in [0.1, 0.15) is 18.2 Å². The third-order valence-electron chi connectivity index (χ3n) is 3.03. The van der Waals surface area contributed by atoms with Crippen molar-refractivity contribution < 1.29 is 23.5 Å². The molecule has 0 aliphatic carbocycles. The van der Waals surface area contributed by atoms with Crippen molar-refractivity contribution in [2.75, 3.05) is 13.7 Å². The molecule has 1 N–H and O–H groups in total. The molecule has 8 heteroatoms. The molecule has 1 fully saturated rings. The highest BCUT2D eigenvalue weighted by atomic mass is 16.6. The van der Waals surface area contributed by atoms with Gasteiger partial charge >= 0.3 is 6.09 Å². The van der Waals surface area contributed by atoms with Crippen LogP contribution in [-0.2, 0) is 20.8 Å². The Morgan fingerprint density at radius 3 is 2.86 bits per heavy atom. The lowest BCUT2D eigenvalue weighted by molar-refractivity contribution is 0.0318. The van der Waals surface area contributed by atoms with E-state index in [1.165, 1.54) is 0 Å². The number of methoxy groups -OCH3 is 1. The molecule has 1 amide bonds. The van der Waals surface area contributed by atoms with Crippen molar-refractivity contribution in [1.82, 2.24) is 15.5 Å². The number of ether oxygens (including phenoxy) is 3. The third kappa shape index (κ3) is 4.67. The number of hydrogen-bond donors (Lipinski definition) is 1. The van der Waals surface area contributed by atoms with Gasteiger partial charge in [0, 0.05) is 13.7 Å². The molecule has 0 spiro atoms. The summed E-state index contributed by atoms with van der Waals surface area (Å²) in [5.41, 5.74) is -0.582. The van der Waals surface area contributed by atoms with Crippen LogP contribution >= 0.6 is 0 Å². The Hall–Kier alpha value is -1.67. The van der Waals surface area contributed by atoms with E-state index in [1.54, 1.807) is 27.9 Å². The minimum Gasteiger partial charge on any atom is -0.444 e. The zero-order valence-corrected chi connectivity index (χ0v) is 13.4. The largest absolute Gasteiger partial charge is 0.444 e. The number of carbonyl (C=O) groups is 1.